The fourth-order valence-corrected chi connectivity index (χ4v) is 7.35. The minimum atomic E-state index is -0.735. The first-order chi connectivity index (χ1) is 26.2. The molecule has 2 aromatic carbocycles. The second kappa shape index (κ2) is 18.2. The number of thiophene rings is 1. The number of hydrogen-bond acceptors (Lipinski definition) is 9. The Morgan fingerprint density at radius 1 is 0.796 bits per heavy atom. The highest BCUT2D eigenvalue weighted by Crippen LogP contribution is 2.30. The van der Waals surface area contributed by atoms with Crippen LogP contribution in [-0.4, -0.2) is 75.5 Å². The maximum absolute atomic E-state index is 14.1. The maximum atomic E-state index is 14.1. The van der Waals surface area contributed by atoms with E-state index in [2.05, 4.69) is 57.8 Å². The van der Waals surface area contributed by atoms with E-state index in [1.807, 2.05) is 78.0 Å². The lowest BCUT2D eigenvalue weighted by molar-refractivity contribution is -0.133. The molecule has 4 heterocycles. The number of unbranched alkanes of at least 4 members (excludes halogenated alkanes) is 4. The summed E-state index contributed by atoms with van der Waals surface area (Å²) in [5.41, 5.74) is 3.68. The third-order valence-electron chi connectivity index (χ3n) is 9.61. The number of nitrogens with zero attached hydrogens (tertiary/aromatic N) is 6. The number of carbonyl (C=O) groups is 2. The van der Waals surface area contributed by atoms with Gasteiger partial charge >= 0.3 is 0 Å². The van der Waals surface area contributed by atoms with Crippen molar-refractivity contribution < 1.29 is 14.3 Å². The van der Waals surface area contributed by atoms with E-state index in [0.29, 0.717) is 49.2 Å². The molecule has 1 atom stereocenters. The van der Waals surface area contributed by atoms with Gasteiger partial charge in [-0.25, -0.2) is 19.9 Å². The summed E-state index contributed by atoms with van der Waals surface area (Å²) in [6.45, 7) is 11.6. The van der Waals surface area contributed by atoms with Crippen molar-refractivity contribution in [3.05, 3.63) is 107 Å². The number of ether oxygens (including phenoxy) is 1. The molecule has 0 bridgehead atoms. The lowest BCUT2D eigenvalue weighted by Gasteiger charge is -2.36. The number of carbonyl (C=O) groups excluding carboxylic acids is 2. The zero-order valence-corrected chi connectivity index (χ0v) is 32.6. The van der Waals surface area contributed by atoms with Crippen LogP contribution in [0.3, 0.4) is 0 Å². The summed E-state index contributed by atoms with van der Waals surface area (Å²) < 4.78 is 5.92. The summed E-state index contributed by atoms with van der Waals surface area (Å²) >= 11 is 1.47. The molecule has 0 saturated carbocycles. The second-order valence-corrected chi connectivity index (χ2v) is 15.9. The fraction of sp³-hybridized carbons (Fsp3) is 0.395. The third-order valence-corrected chi connectivity index (χ3v) is 11.1. The molecule has 1 N–H and O–H groups in total. The van der Waals surface area contributed by atoms with Gasteiger partial charge in [0.15, 0.2) is 5.82 Å². The Labute approximate surface area is 323 Å². The molecule has 3 aromatic heterocycles. The molecule has 1 aliphatic heterocycles. The number of aromatic nitrogens is 4. The van der Waals surface area contributed by atoms with Gasteiger partial charge < -0.3 is 19.9 Å². The van der Waals surface area contributed by atoms with Gasteiger partial charge in [0.25, 0.3) is 5.91 Å². The van der Waals surface area contributed by atoms with E-state index in [4.69, 9.17) is 4.74 Å². The first kappa shape index (κ1) is 38.6. The van der Waals surface area contributed by atoms with Crippen molar-refractivity contribution in [2.75, 3.05) is 37.7 Å². The van der Waals surface area contributed by atoms with E-state index in [0.717, 1.165) is 45.9 Å². The quantitative estimate of drug-likeness (QED) is 0.107. The van der Waals surface area contributed by atoms with Gasteiger partial charge in [0.1, 0.15) is 11.8 Å². The molecule has 6 rings (SSSR count). The Morgan fingerprint density at radius 2 is 1.46 bits per heavy atom. The van der Waals surface area contributed by atoms with Crippen LogP contribution in [0, 0.1) is 0 Å². The zero-order chi connectivity index (χ0) is 37.9. The van der Waals surface area contributed by atoms with E-state index in [1.165, 1.54) is 37.0 Å². The lowest BCUT2D eigenvalue weighted by atomic mass is 9.95. The number of benzene rings is 2. The molecule has 282 valence electrons. The van der Waals surface area contributed by atoms with Gasteiger partial charge in [0.05, 0.1) is 11.5 Å². The van der Waals surface area contributed by atoms with Crippen molar-refractivity contribution in [3.63, 3.8) is 0 Å². The summed E-state index contributed by atoms with van der Waals surface area (Å²) in [6.07, 6.45) is 13.5. The normalized spacial score (nSPS) is 13.8. The molecule has 0 radical (unpaired) electrons. The number of anilines is 1. The second-order valence-electron chi connectivity index (χ2n) is 14.8. The van der Waals surface area contributed by atoms with Crippen LogP contribution in [0.15, 0.2) is 91.5 Å². The molecule has 10 nitrogen and oxygen atoms in total. The highest BCUT2D eigenvalue weighted by Gasteiger charge is 2.30. The van der Waals surface area contributed by atoms with Crippen LogP contribution >= 0.6 is 11.3 Å². The van der Waals surface area contributed by atoms with E-state index < -0.39 is 6.04 Å². The Bertz CT molecular complexity index is 1930. The first-order valence-corrected chi connectivity index (χ1v) is 19.9. The van der Waals surface area contributed by atoms with Crippen molar-refractivity contribution in [2.24, 2.45) is 0 Å². The van der Waals surface area contributed by atoms with Crippen LogP contribution in [0.2, 0.25) is 0 Å². The summed E-state index contributed by atoms with van der Waals surface area (Å²) in [6, 6.07) is 20.9. The number of amides is 2. The van der Waals surface area contributed by atoms with Gasteiger partial charge in [-0.3, -0.25) is 9.59 Å². The monoisotopic (exact) mass is 745 g/mol. The number of rotatable bonds is 15. The molecular weight excluding hydrogens is 695 g/mol. The van der Waals surface area contributed by atoms with E-state index >= 15 is 0 Å². The van der Waals surface area contributed by atoms with Gasteiger partial charge in [-0.15, -0.1) is 11.3 Å². The van der Waals surface area contributed by atoms with Crippen molar-refractivity contribution in [2.45, 2.75) is 77.7 Å². The van der Waals surface area contributed by atoms with Gasteiger partial charge in [0.2, 0.25) is 11.9 Å². The van der Waals surface area contributed by atoms with Gasteiger partial charge in [-0.1, -0.05) is 89.8 Å². The lowest BCUT2D eigenvalue weighted by Crippen LogP contribution is -2.55. The molecule has 0 spiro atoms. The number of nitrogens with one attached hydrogen (secondary N) is 1. The zero-order valence-electron chi connectivity index (χ0n) is 31.8. The molecule has 5 aromatic rings. The predicted octanol–water partition coefficient (Wildman–Crippen LogP) is 8.00. The average molecular weight is 746 g/mol. The van der Waals surface area contributed by atoms with Crippen LogP contribution in [0.4, 0.5) is 5.95 Å². The third kappa shape index (κ3) is 10.3. The number of hydrogen-bond donors (Lipinski definition) is 1. The summed E-state index contributed by atoms with van der Waals surface area (Å²) in [5, 5.41) is 3.09. The van der Waals surface area contributed by atoms with Gasteiger partial charge in [0, 0.05) is 73.4 Å². The van der Waals surface area contributed by atoms with Crippen LogP contribution in [-0.2, 0) is 16.6 Å². The molecular formula is C43H51N7O3S. The van der Waals surface area contributed by atoms with Crippen LogP contribution < -0.4 is 15.0 Å². The standard InChI is InChI=1S/C43H51N7O3S/c1-5-6-7-8-9-27-53-35-17-15-32(16-18-35)34-29-46-39(47-30-34)33-13-11-31(12-14-33)28-36(48-40(51)37-19-20-38(54-37)43(2,3)4)41(52)49-23-25-50(26-24-49)42-44-21-10-22-45-42/h10-22,29-30,36H,5-9,23-28H2,1-4H3,(H,48,51). The molecule has 0 aliphatic carbocycles. The van der Waals surface area contributed by atoms with Crippen LogP contribution in [0.1, 0.15) is 79.9 Å². The Hall–Kier alpha value is -5.16. The Kier molecular flexibility index (Phi) is 13.0. The smallest absolute Gasteiger partial charge is 0.262 e. The highest BCUT2D eigenvalue weighted by atomic mass is 32.1. The summed E-state index contributed by atoms with van der Waals surface area (Å²) in [7, 11) is 0. The van der Waals surface area contributed by atoms with Gasteiger partial charge in [-0.05, 0) is 53.3 Å². The largest absolute Gasteiger partial charge is 0.494 e. The van der Waals surface area contributed by atoms with Crippen molar-refractivity contribution >= 4 is 29.1 Å². The van der Waals surface area contributed by atoms with E-state index in [9.17, 15) is 9.59 Å². The molecule has 54 heavy (non-hydrogen) atoms. The molecule has 1 unspecified atom stereocenters. The molecule has 1 saturated heterocycles. The first-order valence-electron chi connectivity index (χ1n) is 19.0. The van der Waals surface area contributed by atoms with Crippen LogP contribution in [0.25, 0.3) is 22.5 Å². The summed E-state index contributed by atoms with van der Waals surface area (Å²) in [4.78, 5) is 51.3. The van der Waals surface area contributed by atoms with Crippen LogP contribution in [0.5, 0.6) is 5.75 Å². The number of piperazine rings is 1. The average Bonchev–Trinajstić information content (AvgIpc) is 3.72. The highest BCUT2D eigenvalue weighted by molar-refractivity contribution is 7.14. The molecule has 1 fully saturated rings. The predicted molar refractivity (Wildman–Crippen MR) is 216 cm³/mol. The van der Waals surface area contributed by atoms with E-state index in [-0.39, 0.29) is 17.2 Å². The molecule has 2 amide bonds. The van der Waals surface area contributed by atoms with Crippen molar-refractivity contribution in [1.29, 1.82) is 0 Å². The molecule has 1 aliphatic rings. The summed E-state index contributed by atoms with van der Waals surface area (Å²) in [5.74, 6) is 1.80. The minimum Gasteiger partial charge on any atom is -0.494 e. The maximum Gasteiger partial charge on any atom is 0.262 e. The Morgan fingerprint density at radius 3 is 2.11 bits per heavy atom. The Balaban J connectivity index is 1.10. The SMILES string of the molecule is CCCCCCCOc1ccc(-c2cnc(-c3ccc(CC(NC(=O)c4ccc(C(C)(C)C)s4)C(=O)N4CCN(c5ncccn5)CC4)cc3)nc2)cc1. The molecule has 11 heteroatoms. The fourth-order valence-electron chi connectivity index (χ4n) is 6.39. The minimum absolute atomic E-state index is 0.0694. The topological polar surface area (TPSA) is 113 Å². The van der Waals surface area contributed by atoms with Crippen molar-refractivity contribution in [1.82, 2.24) is 30.2 Å². The van der Waals surface area contributed by atoms with Gasteiger partial charge in [-0.2, -0.15) is 0 Å². The van der Waals surface area contributed by atoms with E-state index in [1.54, 1.807) is 18.5 Å². The van der Waals surface area contributed by atoms with Crippen molar-refractivity contribution in [3.8, 4) is 28.3 Å².